The van der Waals surface area contributed by atoms with E-state index < -0.39 is 10.0 Å². The SMILES string of the molecule is CCS(=O)(=O)N1CCCC(N2CCNCC2)C1. The Bertz CT molecular complexity index is 339. The summed E-state index contributed by atoms with van der Waals surface area (Å²) in [5.41, 5.74) is 0. The van der Waals surface area contributed by atoms with Crippen LogP contribution in [0.3, 0.4) is 0 Å². The normalized spacial score (nSPS) is 29.4. The first-order valence-corrected chi connectivity index (χ1v) is 8.17. The van der Waals surface area contributed by atoms with Crippen LogP contribution < -0.4 is 5.32 Å². The van der Waals surface area contributed by atoms with Gasteiger partial charge in [0.25, 0.3) is 0 Å². The predicted octanol–water partition coefficient (Wildman–Crippen LogP) is -0.294. The molecule has 2 fully saturated rings. The van der Waals surface area contributed by atoms with E-state index in [4.69, 9.17) is 0 Å². The molecule has 1 unspecified atom stereocenters. The molecule has 0 spiro atoms. The number of nitrogens with zero attached hydrogens (tertiary/aromatic N) is 2. The summed E-state index contributed by atoms with van der Waals surface area (Å²) in [5.74, 6) is 0.223. The maximum absolute atomic E-state index is 11.9. The van der Waals surface area contributed by atoms with Crippen LogP contribution in [0.4, 0.5) is 0 Å². The first-order valence-electron chi connectivity index (χ1n) is 6.56. The van der Waals surface area contributed by atoms with Gasteiger partial charge in [-0.3, -0.25) is 4.90 Å². The first kappa shape index (κ1) is 13.3. The second-order valence-electron chi connectivity index (χ2n) is 4.84. The molecule has 0 amide bonds. The van der Waals surface area contributed by atoms with E-state index in [-0.39, 0.29) is 5.75 Å². The van der Waals surface area contributed by atoms with Gasteiger partial charge < -0.3 is 5.32 Å². The van der Waals surface area contributed by atoms with E-state index in [2.05, 4.69) is 10.2 Å². The van der Waals surface area contributed by atoms with E-state index in [1.54, 1.807) is 11.2 Å². The summed E-state index contributed by atoms with van der Waals surface area (Å²) in [7, 11) is -3.00. The summed E-state index contributed by atoms with van der Waals surface area (Å²) in [4.78, 5) is 2.44. The lowest BCUT2D eigenvalue weighted by molar-refractivity contribution is 0.121. The second kappa shape index (κ2) is 5.65. The molecule has 0 aromatic carbocycles. The van der Waals surface area contributed by atoms with E-state index in [1.807, 2.05) is 0 Å². The highest BCUT2D eigenvalue weighted by Crippen LogP contribution is 2.19. The Kier molecular flexibility index (Phi) is 4.41. The van der Waals surface area contributed by atoms with Gasteiger partial charge >= 0.3 is 0 Å². The minimum atomic E-state index is -3.00. The van der Waals surface area contributed by atoms with Crippen molar-refractivity contribution in [2.75, 3.05) is 45.0 Å². The van der Waals surface area contributed by atoms with Crippen molar-refractivity contribution in [1.29, 1.82) is 0 Å². The number of hydrogen-bond acceptors (Lipinski definition) is 4. The second-order valence-corrected chi connectivity index (χ2v) is 7.10. The van der Waals surface area contributed by atoms with Crippen LogP contribution in [0.15, 0.2) is 0 Å². The van der Waals surface area contributed by atoms with Crippen molar-refractivity contribution in [1.82, 2.24) is 14.5 Å². The lowest BCUT2D eigenvalue weighted by atomic mass is 10.1. The maximum Gasteiger partial charge on any atom is 0.213 e. The molecule has 0 aromatic heterocycles. The topological polar surface area (TPSA) is 52.7 Å². The summed E-state index contributed by atoms with van der Waals surface area (Å²) in [5, 5.41) is 3.33. The Labute approximate surface area is 104 Å². The molecular weight excluding hydrogens is 238 g/mol. The maximum atomic E-state index is 11.9. The van der Waals surface area contributed by atoms with E-state index in [1.165, 1.54) is 0 Å². The number of rotatable bonds is 3. The Balaban J connectivity index is 1.96. The molecule has 0 aliphatic carbocycles. The third-order valence-corrected chi connectivity index (χ3v) is 5.63. The van der Waals surface area contributed by atoms with Crippen molar-refractivity contribution < 1.29 is 8.42 Å². The molecule has 2 rings (SSSR count). The van der Waals surface area contributed by atoms with Crippen LogP contribution in [0.25, 0.3) is 0 Å². The fourth-order valence-electron chi connectivity index (χ4n) is 2.70. The van der Waals surface area contributed by atoms with E-state index in [0.717, 1.165) is 39.0 Å². The van der Waals surface area contributed by atoms with Crippen molar-refractivity contribution in [3.63, 3.8) is 0 Å². The number of piperidine rings is 1. The summed E-state index contributed by atoms with van der Waals surface area (Å²) in [6.45, 7) is 7.27. The van der Waals surface area contributed by atoms with Crippen molar-refractivity contribution in [2.24, 2.45) is 0 Å². The number of hydrogen-bond donors (Lipinski definition) is 1. The molecule has 2 aliphatic rings. The van der Waals surface area contributed by atoms with Gasteiger partial charge in [-0.1, -0.05) is 0 Å². The molecule has 0 bridgehead atoms. The highest BCUT2D eigenvalue weighted by molar-refractivity contribution is 7.89. The van der Waals surface area contributed by atoms with Gasteiger partial charge in [-0.2, -0.15) is 0 Å². The molecule has 2 saturated heterocycles. The zero-order valence-corrected chi connectivity index (χ0v) is 11.4. The number of sulfonamides is 1. The predicted molar refractivity (Wildman–Crippen MR) is 68.5 cm³/mol. The summed E-state index contributed by atoms with van der Waals surface area (Å²) in [6.07, 6.45) is 2.13. The molecule has 1 atom stereocenters. The summed E-state index contributed by atoms with van der Waals surface area (Å²) in [6, 6.07) is 0.423. The van der Waals surface area contributed by atoms with Crippen LogP contribution in [0, 0.1) is 0 Å². The Morgan fingerprint density at radius 1 is 1.24 bits per heavy atom. The van der Waals surface area contributed by atoms with Gasteiger partial charge in [0.2, 0.25) is 10.0 Å². The van der Waals surface area contributed by atoms with Crippen LogP contribution in [-0.2, 0) is 10.0 Å². The molecule has 17 heavy (non-hydrogen) atoms. The van der Waals surface area contributed by atoms with Crippen LogP contribution in [0.2, 0.25) is 0 Å². The molecule has 0 radical (unpaired) electrons. The third-order valence-electron chi connectivity index (χ3n) is 3.79. The Morgan fingerprint density at radius 2 is 1.94 bits per heavy atom. The van der Waals surface area contributed by atoms with Gasteiger partial charge in [0, 0.05) is 45.3 Å². The summed E-state index contributed by atoms with van der Waals surface area (Å²) < 4.78 is 25.4. The molecule has 0 aromatic rings. The van der Waals surface area contributed by atoms with Crippen molar-refractivity contribution in [3.8, 4) is 0 Å². The van der Waals surface area contributed by atoms with Gasteiger partial charge in [0.05, 0.1) is 5.75 Å². The molecule has 2 heterocycles. The smallest absolute Gasteiger partial charge is 0.213 e. The monoisotopic (exact) mass is 261 g/mol. The van der Waals surface area contributed by atoms with E-state index in [9.17, 15) is 8.42 Å². The highest BCUT2D eigenvalue weighted by Gasteiger charge is 2.31. The van der Waals surface area contributed by atoms with Gasteiger partial charge in [0.15, 0.2) is 0 Å². The van der Waals surface area contributed by atoms with Crippen LogP contribution in [0.5, 0.6) is 0 Å². The fraction of sp³-hybridized carbons (Fsp3) is 1.00. The third kappa shape index (κ3) is 3.19. The molecule has 5 nitrogen and oxygen atoms in total. The lowest BCUT2D eigenvalue weighted by Crippen LogP contribution is -2.55. The van der Waals surface area contributed by atoms with Gasteiger partial charge in [0.1, 0.15) is 0 Å². The quantitative estimate of drug-likeness (QED) is 0.758. The lowest BCUT2D eigenvalue weighted by Gasteiger charge is -2.40. The fourth-order valence-corrected chi connectivity index (χ4v) is 3.87. The number of piperazine rings is 1. The first-order chi connectivity index (χ1) is 8.13. The molecule has 0 saturated carbocycles. The molecular formula is C11H23N3O2S. The van der Waals surface area contributed by atoms with Crippen LogP contribution in [-0.4, -0.2) is 68.7 Å². The van der Waals surface area contributed by atoms with Gasteiger partial charge in [-0.25, -0.2) is 12.7 Å². The minimum absolute atomic E-state index is 0.223. The largest absolute Gasteiger partial charge is 0.314 e. The van der Waals surface area contributed by atoms with Crippen molar-refractivity contribution in [3.05, 3.63) is 0 Å². The van der Waals surface area contributed by atoms with Crippen molar-refractivity contribution in [2.45, 2.75) is 25.8 Å². The zero-order valence-electron chi connectivity index (χ0n) is 10.6. The number of nitrogens with one attached hydrogen (secondary N) is 1. The zero-order chi connectivity index (χ0) is 12.3. The molecule has 1 N–H and O–H groups in total. The van der Waals surface area contributed by atoms with E-state index in [0.29, 0.717) is 19.1 Å². The minimum Gasteiger partial charge on any atom is -0.314 e. The van der Waals surface area contributed by atoms with Gasteiger partial charge in [-0.05, 0) is 19.8 Å². The molecule has 2 aliphatic heterocycles. The molecule has 6 heteroatoms. The average Bonchev–Trinajstić information content (AvgIpc) is 2.40. The Morgan fingerprint density at radius 3 is 2.59 bits per heavy atom. The van der Waals surface area contributed by atoms with E-state index >= 15 is 0 Å². The Hall–Kier alpha value is -0.170. The standard InChI is InChI=1S/C11H23N3O2S/c1-2-17(15,16)14-7-3-4-11(10-14)13-8-5-12-6-9-13/h11-12H,2-10H2,1H3. The average molecular weight is 261 g/mol. The van der Waals surface area contributed by atoms with Crippen LogP contribution >= 0.6 is 0 Å². The highest BCUT2D eigenvalue weighted by atomic mass is 32.2. The van der Waals surface area contributed by atoms with Gasteiger partial charge in [-0.15, -0.1) is 0 Å². The summed E-state index contributed by atoms with van der Waals surface area (Å²) >= 11 is 0. The molecule has 100 valence electrons. The van der Waals surface area contributed by atoms with Crippen molar-refractivity contribution >= 4 is 10.0 Å². The van der Waals surface area contributed by atoms with Crippen LogP contribution in [0.1, 0.15) is 19.8 Å².